The zero-order valence-electron chi connectivity index (χ0n) is 11.1. The van der Waals surface area contributed by atoms with E-state index in [1.807, 2.05) is 36.7 Å². The van der Waals surface area contributed by atoms with Crippen LogP contribution >= 0.6 is 15.9 Å². The second kappa shape index (κ2) is 6.68. The van der Waals surface area contributed by atoms with Crippen LogP contribution in [0.3, 0.4) is 0 Å². The first-order valence-electron chi connectivity index (χ1n) is 6.13. The number of ether oxygens (including phenoxy) is 1. The fraction of sp³-hybridized carbons (Fsp3) is 0.267. The number of pyridine rings is 1. The van der Waals surface area contributed by atoms with E-state index in [4.69, 9.17) is 4.74 Å². The number of hydrogen-bond acceptors (Lipinski definition) is 3. The molecule has 0 radical (unpaired) electrons. The van der Waals surface area contributed by atoms with Gasteiger partial charge in [-0.2, -0.15) is 0 Å². The van der Waals surface area contributed by atoms with Gasteiger partial charge in [-0.3, -0.25) is 4.98 Å². The van der Waals surface area contributed by atoms with Gasteiger partial charge in [-0.25, -0.2) is 0 Å². The van der Waals surface area contributed by atoms with E-state index in [0.717, 1.165) is 23.3 Å². The van der Waals surface area contributed by atoms with E-state index in [-0.39, 0.29) is 0 Å². The number of nitrogens with zero attached hydrogens (tertiary/aromatic N) is 1. The smallest absolute Gasteiger partial charge is 0.119 e. The molecule has 100 valence electrons. The Morgan fingerprint density at radius 1 is 1.21 bits per heavy atom. The van der Waals surface area contributed by atoms with Gasteiger partial charge in [0.05, 0.1) is 7.11 Å². The molecule has 0 saturated carbocycles. The predicted octanol–water partition coefficient (Wildman–Crippen LogP) is 3.45. The van der Waals surface area contributed by atoms with E-state index in [0.29, 0.717) is 0 Å². The molecule has 1 aromatic heterocycles. The van der Waals surface area contributed by atoms with E-state index in [2.05, 4.69) is 33.2 Å². The van der Waals surface area contributed by atoms with Crippen LogP contribution in [0.4, 0.5) is 0 Å². The molecule has 0 bridgehead atoms. The molecule has 1 heterocycles. The Morgan fingerprint density at radius 3 is 2.74 bits per heavy atom. The van der Waals surface area contributed by atoms with Crippen molar-refractivity contribution in [3.8, 4) is 5.75 Å². The minimum atomic E-state index is 0.791. The van der Waals surface area contributed by atoms with Crippen LogP contribution in [0, 0.1) is 6.92 Å². The second-order valence-electron chi connectivity index (χ2n) is 4.36. The van der Waals surface area contributed by atoms with Crippen molar-refractivity contribution in [3.63, 3.8) is 0 Å². The van der Waals surface area contributed by atoms with Gasteiger partial charge in [0.15, 0.2) is 0 Å². The Morgan fingerprint density at radius 2 is 2.00 bits per heavy atom. The lowest BCUT2D eigenvalue weighted by molar-refractivity contribution is 0.414. The van der Waals surface area contributed by atoms with Gasteiger partial charge in [0.25, 0.3) is 0 Å². The van der Waals surface area contributed by atoms with Gasteiger partial charge in [-0.1, -0.05) is 15.9 Å². The molecule has 0 amide bonds. The van der Waals surface area contributed by atoms with Gasteiger partial charge in [0.2, 0.25) is 0 Å². The highest BCUT2D eigenvalue weighted by atomic mass is 79.9. The van der Waals surface area contributed by atoms with Gasteiger partial charge < -0.3 is 10.1 Å². The van der Waals surface area contributed by atoms with Gasteiger partial charge in [0, 0.05) is 30.0 Å². The first-order valence-corrected chi connectivity index (χ1v) is 6.92. The summed E-state index contributed by atoms with van der Waals surface area (Å²) in [4.78, 5) is 4.10. The Kier molecular flexibility index (Phi) is 4.93. The molecule has 0 aliphatic heterocycles. The summed E-state index contributed by atoms with van der Waals surface area (Å²) < 4.78 is 6.33. The lowest BCUT2D eigenvalue weighted by Gasteiger charge is -2.10. The summed E-state index contributed by atoms with van der Waals surface area (Å²) in [7, 11) is 1.68. The van der Waals surface area contributed by atoms with E-state index in [1.165, 1.54) is 16.7 Å². The molecule has 0 unspecified atom stereocenters. The molecular formula is C15H17BrN2O. The third kappa shape index (κ3) is 3.78. The molecule has 0 spiro atoms. The topological polar surface area (TPSA) is 34.1 Å². The van der Waals surface area contributed by atoms with Gasteiger partial charge in [-0.05, 0) is 47.9 Å². The van der Waals surface area contributed by atoms with Crippen molar-refractivity contribution >= 4 is 15.9 Å². The standard InChI is InChI=1S/C15H17BrN2O/c1-11-8-17-6-5-12(11)9-18-10-13-7-14(19-2)3-4-15(13)16/h3-8,18H,9-10H2,1-2H3. The minimum Gasteiger partial charge on any atom is -0.497 e. The van der Waals surface area contributed by atoms with Crippen LogP contribution < -0.4 is 10.1 Å². The average molecular weight is 321 g/mol. The van der Waals surface area contributed by atoms with E-state index < -0.39 is 0 Å². The Labute approximate surface area is 122 Å². The number of rotatable bonds is 5. The zero-order valence-corrected chi connectivity index (χ0v) is 12.7. The Hall–Kier alpha value is -1.39. The number of hydrogen-bond donors (Lipinski definition) is 1. The summed E-state index contributed by atoms with van der Waals surface area (Å²) in [5.74, 6) is 0.875. The van der Waals surface area contributed by atoms with Crippen LogP contribution in [0.2, 0.25) is 0 Å². The lowest BCUT2D eigenvalue weighted by Crippen LogP contribution is -2.14. The van der Waals surface area contributed by atoms with Gasteiger partial charge in [-0.15, -0.1) is 0 Å². The fourth-order valence-corrected chi connectivity index (χ4v) is 2.23. The highest BCUT2D eigenvalue weighted by Crippen LogP contribution is 2.22. The SMILES string of the molecule is COc1ccc(Br)c(CNCc2ccncc2C)c1. The Balaban J connectivity index is 1.98. The summed E-state index contributed by atoms with van der Waals surface area (Å²) in [6.45, 7) is 3.70. The maximum absolute atomic E-state index is 5.24. The van der Waals surface area contributed by atoms with Crippen LogP contribution in [0.25, 0.3) is 0 Å². The van der Waals surface area contributed by atoms with Crippen LogP contribution in [0.5, 0.6) is 5.75 Å². The highest BCUT2D eigenvalue weighted by molar-refractivity contribution is 9.10. The summed E-state index contributed by atoms with van der Waals surface area (Å²) in [5, 5.41) is 3.44. The molecule has 2 aromatic rings. The van der Waals surface area contributed by atoms with Gasteiger partial charge >= 0.3 is 0 Å². The van der Waals surface area contributed by atoms with Crippen molar-refractivity contribution in [1.29, 1.82) is 0 Å². The summed E-state index contributed by atoms with van der Waals surface area (Å²) >= 11 is 3.55. The molecule has 0 aliphatic rings. The normalized spacial score (nSPS) is 10.5. The maximum atomic E-state index is 5.24. The molecule has 3 nitrogen and oxygen atoms in total. The van der Waals surface area contributed by atoms with Crippen molar-refractivity contribution in [2.45, 2.75) is 20.0 Å². The third-order valence-corrected chi connectivity index (χ3v) is 3.79. The van der Waals surface area contributed by atoms with Crippen molar-refractivity contribution in [1.82, 2.24) is 10.3 Å². The van der Waals surface area contributed by atoms with Crippen molar-refractivity contribution < 1.29 is 4.74 Å². The average Bonchev–Trinajstić information content (AvgIpc) is 2.43. The first-order chi connectivity index (χ1) is 9.20. The molecule has 0 atom stereocenters. The van der Waals surface area contributed by atoms with Crippen molar-refractivity contribution in [2.24, 2.45) is 0 Å². The lowest BCUT2D eigenvalue weighted by atomic mass is 10.1. The van der Waals surface area contributed by atoms with Crippen LogP contribution in [0.15, 0.2) is 41.1 Å². The molecule has 0 aliphatic carbocycles. The zero-order chi connectivity index (χ0) is 13.7. The third-order valence-electron chi connectivity index (χ3n) is 3.02. The van der Waals surface area contributed by atoms with E-state index in [1.54, 1.807) is 7.11 Å². The summed E-state index contributed by atoms with van der Waals surface area (Å²) in [6, 6.07) is 8.04. The molecule has 19 heavy (non-hydrogen) atoms. The number of methoxy groups -OCH3 is 1. The molecule has 0 fully saturated rings. The van der Waals surface area contributed by atoms with Crippen molar-refractivity contribution in [2.75, 3.05) is 7.11 Å². The molecule has 0 saturated heterocycles. The monoisotopic (exact) mass is 320 g/mol. The summed E-state index contributed by atoms with van der Waals surface area (Å²) in [5.41, 5.74) is 3.67. The number of aromatic nitrogens is 1. The molecular weight excluding hydrogens is 304 g/mol. The minimum absolute atomic E-state index is 0.791. The van der Waals surface area contributed by atoms with Gasteiger partial charge in [0.1, 0.15) is 5.75 Å². The molecule has 2 rings (SSSR count). The number of benzene rings is 1. The maximum Gasteiger partial charge on any atom is 0.119 e. The van der Waals surface area contributed by atoms with E-state index >= 15 is 0 Å². The van der Waals surface area contributed by atoms with Crippen LogP contribution in [-0.4, -0.2) is 12.1 Å². The fourth-order valence-electron chi connectivity index (χ4n) is 1.85. The Bertz CT molecular complexity index is 558. The predicted molar refractivity (Wildman–Crippen MR) is 80.2 cm³/mol. The highest BCUT2D eigenvalue weighted by Gasteiger charge is 2.03. The summed E-state index contributed by atoms with van der Waals surface area (Å²) in [6.07, 6.45) is 3.71. The number of nitrogens with one attached hydrogen (secondary N) is 1. The largest absolute Gasteiger partial charge is 0.497 e. The van der Waals surface area contributed by atoms with Crippen LogP contribution in [0.1, 0.15) is 16.7 Å². The number of aryl methyl sites for hydroxylation is 1. The number of halogens is 1. The van der Waals surface area contributed by atoms with Crippen LogP contribution in [-0.2, 0) is 13.1 Å². The molecule has 4 heteroatoms. The second-order valence-corrected chi connectivity index (χ2v) is 5.22. The molecule has 1 aromatic carbocycles. The first kappa shape index (κ1) is 14.0. The molecule has 1 N–H and O–H groups in total. The van der Waals surface area contributed by atoms with Crippen molar-refractivity contribution in [3.05, 3.63) is 57.8 Å². The quantitative estimate of drug-likeness (QED) is 0.916. The van der Waals surface area contributed by atoms with E-state index in [9.17, 15) is 0 Å².